The molecule has 0 aliphatic rings. The molecule has 1 aromatic heterocycles. The van der Waals surface area contributed by atoms with Gasteiger partial charge in [-0.2, -0.15) is 0 Å². The lowest BCUT2D eigenvalue weighted by Gasteiger charge is -2.07. The van der Waals surface area contributed by atoms with Gasteiger partial charge in [0, 0.05) is 12.4 Å². The quantitative estimate of drug-likeness (QED) is 0.820. The molecule has 98 valence electrons. The van der Waals surface area contributed by atoms with Crippen LogP contribution in [0.25, 0.3) is 0 Å². The van der Waals surface area contributed by atoms with Crippen LogP contribution in [-0.2, 0) is 0 Å². The van der Waals surface area contributed by atoms with Crippen molar-refractivity contribution in [1.82, 2.24) is 4.98 Å². The molecule has 4 nitrogen and oxygen atoms in total. The topological polar surface area (TPSA) is 68.0 Å². The molecule has 0 fully saturated rings. The number of hydrogen-bond donors (Lipinski definition) is 2. The SMILES string of the molecule is Nc1cncc(C(=O)Nc2ccc(F)c(F)c2F)c1. The van der Waals surface area contributed by atoms with Crippen molar-refractivity contribution in [1.29, 1.82) is 0 Å². The molecule has 0 saturated heterocycles. The fraction of sp³-hybridized carbons (Fsp3) is 0. The zero-order valence-electron chi connectivity index (χ0n) is 9.45. The molecule has 2 rings (SSSR count). The van der Waals surface area contributed by atoms with Crippen LogP contribution in [0.2, 0.25) is 0 Å². The first-order chi connectivity index (χ1) is 8.99. The molecule has 7 heteroatoms. The van der Waals surface area contributed by atoms with Crippen LogP contribution in [0.15, 0.2) is 30.6 Å². The van der Waals surface area contributed by atoms with Crippen molar-refractivity contribution in [3.8, 4) is 0 Å². The van der Waals surface area contributed by atoms with E-state index in [-0.39, 0.29) is 11.3 Å². The van der Waals surface area contributed by atoms with E-state index in [1.165, 1.54) is 18.5 Å². The van der Waals surface area contributed by atoms with E-state index < -0.39 is 29.0 Å². The lowest BCUT2D eigenvalue weighted by atomic mass is 10.2. The summed E-state index contributed by atoms with van der Waals surface area (Å²) in [7, 11) is 0. The van der Waals surface area contributed by atoms with E-state index in [0.29, 0.717) is 6.07 Å². The van der Waals surface area contributed by atoms with Crippen LogP contribution in [0.3, 0.4) is 0 Å². The number of hydrogen-bond acceptors (Lipinski definition) is 3. The number of nitrogen functional groups attached to an aromatic ring is 1. The molecule has 1 heterocycles. The zero-order chi connectivity index (χ0) is 14.0. The van der Waals surface area contributed by atoms with Gasteiger partial charge in [0.15, 0.2) is 17.5 Å². The molecule has 0 bridgehead atoms. The van der Waals surface area contributed by atoms with E-state index in [1.54, 1.807) is 0 Å². The first-order valence-electron chi connectivity index (χ1n) is 5.14. The van der Waals surface area contributed by atoms with Gasteiger partial charge in [-0.1, -0.05) is 0 Å². The molecule has 0 atom stereocenters. The Kier molecular flexibility index (Phi) is 3.37. The molecular weight excluding hydrogens is 259 g/mol. The number of carbonyl (C=O) groups excluding carboxylic acids is 1. The van der Waals surface area contributed by atoms with E-state index in [1.807, 2.05) is 0 Å². The number of aromatic nitrogens is 1. The summed E-state index contributed by atoms with van der Waals surface area (Å²) >= 11 is 0. The van der Waals surface area contributed by atoms with Crippen molar-refractivity contribution in [2.24, 2.45) is 0 Å². The van der Waals surface area contributed by atoms with Gasteiger partial charge in [-0.15, -0.1) is 0 Å². The number of pyridine rings is 1. The van der Waals surface area contributed by atoms with Gasteiger partial charge in [0.25, 0.3) is 5.91 Å². The summed E-state index contributed by atoms with van der Waals surface area (Å²) in [5, 5.41) is 2.11. The van der Waals surface area contributed by atoms with Crippen molar-refractivity contribution in [3.05, 3.63) is 53.6 Å². The van der Waals surface area contributed by atoms with Gasteiger partial charge in [0.05, 0.1) is 16.9 Å². The van der Waals surface area contributed by atoms with Gasteiger partial charge in [-0.25, -0.2) is 13.2 Å². The molecule has 0 aliphatic heterocycles. The van der Waals surface area contributed by atoms with E-state index in [9.17, 15) is 18.0 Å². The molecule has 0 unspecified atom stereocenters. The monoisotopic (exact) mass is 267 g/mol. The Bertz CT molecular complexity index is 646. The van der Waals surface area contributed by atoms with E-state index in [0.717, 1.165) is 6.07 Å². The van der Waals surface area contributed by atoms with Crippen molar-refractivity contribution < 1.29 is 18.0 Å². The second kappa shape index (κ2) is 4.97. The number of nitrogens with zero attached hydrogens (tertiary/aromatic N) is 1. The third kappa shape index (κ3) is 2.65. The summed E-state index contributed by atoms with van der Waals surface area (Å²) in [6.45, 7) is 0. The summed E-state index contributed by atoms with van der Waals surface area (Å²) in [5.74, 6) is -5.18. The number of nitrogens with two attached hydrogens (primary N) is 1. The molecule has 2 aromatic rings. The predicted molar refractivity (Wildman–Crippen MR) is 62.9 cm³/mol. The first-order valence-corrected chi connectivity index (χ1v) is 5.14. The number of nitrogens with one attached hydrogen (secondary N) is 1. The molecule has 1 aromatic carbocycles. The Labute approximate surface area is 106 Å². The highest BCUT2D eigenvalue weighted by Gasteiger charge is 2.16. The largest absolute Gasteiger partial charge is 0.397 e. The molecule has 19 heavy (non-hydrogen) atoms. The Hall–Kier alpha value is -2.57. The van der Waals surface area contributed by atoms with E-state index in [2.05, 4.69) is 10.3 Å². The summed E-state index contributed by atoms with van der Waals surface area (Å²) in [5.41, 5.74) is 5.29. The van der Waals surface area contributed by atoms with Gasteiger partial charge in [-0.3, -0.25) is 9.78 Å². The van der Waals surface area contributed by atoms with Crippen molar-refractivity contribution in [3.63, 3.8) is 0 Å². The Morgan fingerprint density at radius 1 is 1.16 bits per heavy atom. The van der Waals surface area contributed by atoms with Gasteiger partial charge >= 0.3 is 0 Å². The summed E-state index contributed by atoms with van der Waals surface area (Å²) < 4.78 is 39.0. The van der Waals surface area contributed by atoms with Crippen LogP contribution < -0.4 is 11.1 Å². The average molecular weight is 267 g/mol. The highest BCUT2D eigenvalue weighted by Crippen LogP contribution is 2.20. The van der Waals surface area contributed by atoms with Crippen molar-refractivity contribution in [2.45, 2.75) is 0 Å². The molecule has 3 N–H and O–H groups in total. The fourth-order valence-corrected chi connectivity index (χ4v) is 1.40. The maximum absolute atomic E-state index is 13.3. The lowest BCUT2D eigenvalue weighted by Crippen LogP contribution is -2.14. The third-order valence-electron chi connectivity index (χ3n) is 2.30. The van der Waals surface area contributed by atoms with Gasteiger partial charge in [-0.05, 0) is 18.2 Å². The van der Waals surface area contributed by atoms with E-state index >= 15 is 0 Å². The Morgan fingerprint density at radius 2 is 1.89 bits per heavy atom. The molecule has 0 radical (unpaired) electrons. The lowest BCUT2D eigenvalue weighted by molar-refractivity contribution is 0.102. The van der Waals surface area contributed by atoms with Gasteiger partial charge in [0.2, 0.25) is 0 Å². The van der Waals surface area contributed by atoms with Gasteiger partial charge < -0.3 is 11.1 Å². The number of amides is 1. The molecule has 0 saturated carbocycles. The fourth-order valence-electron chi connectivity index (χ4n) is 1.40. The van der Waals surface area contributed by atoms with Gasteiger partial charge in [0.1, 0.15) is 0 Å². The van der Waals surface area contributed by atoms with Crippen LogP contribution >= 0.6 is 0 Å². The van der Waals surface area contributed by atoms with E-state index in [4.69, 9.17) is 5.73 Å². The summed E-state index contributed by atoms with van der Waals surface area (Å²) in [6, 6.07) is 2.96. The predicted octanol–water partition coefficient (Wildman–Crippen LogP) is 2.33. The summed E-state index contributed by atoms with van der Waals surface area (Å²) in [6.07, 6.45) is 2.54. The molecule has 1 amide bonds. The minimum Gasteiger partial charge on any atom is -0.397 e. The Morgan fingerprint density at radius 3 is 2.58 bits per heavy atom. The highest BCUT2D eigenvalue weighted by atomic mass is 19.2. The number of anilines is 2. The zero-order valence-corrected chi connectivity index (χ0v) is 9.45. The average Bonchev–Trinajstić information content (AvgIpc) is 2.39. The van der Waals surface area contributed by atoms with Crippen LogP contribution in [0.5, 0.6) is 0 Å². The minimum atomic E-state index is -1.65. The smallest absolute Gasteiger partial charge is 0.257 e. The third-order valence-corrected chi connectivity index (χ3v) is 2.30. The normalized spacial score (nSPS) is 10.3. The minimum absolute atomic E-state index is 0.0733. The number of rotatable bonds is 2. The highest BCUT2D eigenvalue weighted by molar-refractivity contribution is 6.04. The second-order valence-electron chi connectivity index (χ2n) is 3.68. The van der Waals surface area contributed by atoms with Crippen LogP contribution in [0.4, 0.5) is 24.5 Å². The second-order valence-corrected chi connectivity index (χ2v) is 3.68. The first kappa shape index (κ1) is 12.9. The molecule has 0 spiro atoms. The van der Waals surface area contributed by atoms with Crippen LogP contribution in [0.1, 0.15) is 10.4 Å². The molecular formula is C12H8F3N3O. The number of carbonyl (C=O) groups is 1. The van der Waals surface area contributed by atoms with Crippen LogP contribution in [-0.4, -0.2) is 10.9 Å². The number of benzene rings is 1. The van der Waals surface area contributed by atoms with Crippen LogP contribution in [0, 0.1) is 17.5 Å². The molecule has 0 aliphatic carbocycles. The van der Waals surface area contributed by atoms with Crippen molar-refractivity contribution in [2.75, 3.05) is 11.1 Å². The van der Waals surface area contributed by atoms with Crippen molar-refractivity contribution >= 4 is 17.3 Å². The maximum Gasteiger partial charge on any atom is 0.257 e. The standard InChI is InChI=1S/C12H8F3N3O/c13-8-1-2-9(11(15)10(8)14)18-12(19)6-3-7(16)5-17-4-6/h1-5H,16H2,(H,18,19). The maximum atomic E-state index is 13.3. The summed E-state index contributed by atoms with van der Waals surface area (Å²) in [4.78, 5) is 15.4. The Balaban J connectivity index is 2.27. The number of halogens is 3.